The third-order valence-electron chi connectivity index (χ3n) is 3.94. The third kappa shape index (κ3) is 6.17. The first kappa shape index (κ1) is 16.8. The molecule has 0 bridgehead atoms. The lowest BCUT2D eigenvalue weighted by Gasteiger charge is -2.29. The fourth-order valence-electron chi connectivity index (χ4n) is 2.86. The summed E-state index contributed by atoms with van der Waals surface area (Å²) in [7, 11) is 0. The van der Waals surface area contributed by atoms with Crippen LogP contribution in [0.5, 0.6) is 0 Å². The summed E-state index contributed by atoms with van der Waals surface area (Å²) in [5.74, 6) is 3.15. The molecule has 1 rings (SSSR count). The summed E-state index contributed by atoms with van der Waals surface area (Å²) in [6, 6.07) is 0.281. The van der Waals surface area contributed by atoms with Crippen LogP contribution in [-0.4, -0.2) is 29.0 Å². The van der Waals surface area contributed by atoms with Crippen LogP contribution in [0, 0.1) is 5.92 Å². The molecule has 1 aliphatic carbocycles. The van der Waals surface area contributed by atoms with Crippen LogP contribution in [0.15, 0.2) is 0 Å². The van der Waals surface area contributed by atoms with Gasteiger partial charge in [0.15, 0.2) is 0 Å². The molecule has 0 aromatic rings. The van der Waals surface area contributed by atoms with Gasteiger partial charge in [-0.2, -0.15) is 11.8 Å². The minimum atomic E-state index is -0.553. The number of nitrogens with two attached hydrogens (primary N) is 1. The highest BCUT2D eigenvalue weighted by molar-refractivity contribution is 7.99. The molecular weight excluding hydrogens is 256 g/mol. The molecule has 0 aromatic carbocycles. The second-order valence-electron chi connectivity index (χ2n) is 6.32. The number of thioether (sulfide) groups is 1. The molecule has 1 atom stereocenters. The highest BCUT2D eigenvalue weighted by atomic mass is 32.2. The number of amides is 1. The molecule has 19 heavy (non-hydrogen) atoms. The monoisotopic (exact) mass is 286 g/mol. The second-order valence-corrected chi connectivity index (χ2v) is 7.47. The van der Waals surface area contributed by atoms with Gasteiger partial charge in [0.2, 0.25) is 5.91 Å². The van der Waals surface area contributed by atoms with Gasteiger partial charge in [-0.15, -0.1) is 0 Å². The average molecular weight is 286 g/mol. The zero-order chi connectivity index (χ0) is 14.3. The SMILES string of the molecule is CC(C)NC(C)(CCCSCC1CCCC1)C(N)=O. The van der Waals surface area contributed by atoms with E-state index in [9.17, 15) is 4.79 Å². The third-order valence-corrected chi connectivity index (χ3v) is 5.23. The smallest absolute Gasteiger partial charge is 0.237 e. The highest BCUT2D eigenvalue weighted by Crippen LogP contribution is 2.28. The van der Waals surface area contributed by atoms with Gasteiger partial charge in [0.05, 0.1) is 5.54 Å². The van der Waals surface area contributed by atoms with Gasteiger partial charge in [0.25, 0.3) is 0 Å². The zero-order valence-corrected chi connectivity index (χ0v) is 13.5. The Balaban J connectivity index is 2.18. The van der Waals surface area contributed by atoms with Gasteiger partial charge in [-0.05, 0) is 63.9 Å². The molecule has 1 aliphatic rings. The quantitative estimate of drug-likeness (QED) is 0.641. The Hall–Kier alpha value is -0.220. The summed E-state index contributed by atoms with van der Waals surface area (Å²) in [5, 5.41) is 3.30. The maximum Gasteiger partial charge on any atom is 0.237 e. The largest absolute Gasteiger partial charge is 0.368 e. The van der Waals surface area contributed by atoms with Crippen LogP contribution in [0.2, 0.25) is 0 Å². The Labute approximate surface area is 122 Å². The molecule has 1 unspecified atom stereocenters. The summed E-state index contributed by atoms with van der Waals surface area (Å²) < 4.78 is 0. The van der Waals surface area contributed by atoms with E-state index < -0.39 is 5.54 Å². The first-order valence-electron chi connectivity index (χ1n) is 7.59. The van der Waals surface area contributed by atoms with Crippen molar-refractivity contribution in [1.82, 2.24) is 5.32 Å². The molecule has 1 fully saturated rings. The maximum atomic E-state index is 11.6. The summed E-state index contributed by atoms with van der Waals surface area (Å²) in [5.41, 5.74) is 4.97. The van der Waals surface area contributed by atoms with Crippen molar-refractivity contribution in [1.29, 1.82) is 0 Å². The number of carbonyl (C=O) groups excluding carboxylic acids is 1. The molecule has 112 valence electrons. The maximum absolute atomic E-state index is 11.6. The van der Waals surface area contributed by atoms with E-state index in [2.05, 4.69) is 19.2 Å². The molecule has 0 saturated heterocycles. The molecule has 1 saturated carbocycles. The van der Waals surface area contributed by atoms with Crippen LogP contribution in [0.4, 0.5) is 0 Å². The van der Waals surface area contributed by atoms with Crippen molar-refractivity contribution in [2.24, 2.45) is 11.7 Å². The predicted molar refractivity (Wildman–Crippen MR) is 84.4 cm³/mol. The van der Waals surface area contributed by atoms with Crippen molar-refractivity contribution in [3.8, 4) is 0 Å². The molecule has 0 spiro atoms. The molecular formula is C15H30N2OS. The van der Waals surface area contributed by atoms with Crippen molar-refractivity contribution in [2.75, 3.05) is 11.5 Å². The van der Waals surface area contributed by atoms with Gasteiger partial charge in [0.1, 0.15) is 0 Å². The van der Waals surface area contributed by atoms with Crippen molar-refractivity contribution < 1.29 is 4.79 Å². The van der Waals surface area contributed by atoms with Crippen molar-refractivity contribution in [3.05, 3.63) is 0 Å². The van der Waals surface area contributed by atoms with Crippen molar-refractivity contribution in [2.45, 2.75) is 70.9 Å². The number of rotatable bonds is 9. The predicted octanol–water partition coefficient (Wildman–Crippen LogP) is 2.93. The van der Waals surface area contributed by atoms with E-state index in [0.717, 1.165) is 24.5 Å². The number of hydrogen-bond donors (Lipinski definition) is 2. The molecule has 1 amide bonds. The van der Waals surface area contributed by atoms with Crippen LogP contribution < -0.4 is 11.1 Å². The van der Waals surface area contributed by atoms with Crippen LogP contribution in [0.1, 0.15) is 59.3 Å². The summed E-state index contributed by atoms with van der Waals surface area (Å²) in [4.78, 5) is 11.6. The Bertz CT molecular complexity index is 277. The zero-order valence-electron chi connectivity index (χ0n) is 12.7. The van der Waals surface area contributed by atoms with Crippen molar-refractivity contribution >= 4 is 17.7 Å². The van der Waals surface area contributed by atoms with E-state index in [4.69, 9.17) is 5.73 Å². The van der Waals surface area contributed by atoms with Crippen LogP contribution in [0.25, 0.3) is 0 Å². The number of carbonyl (C=O) groups is 1. The van der Waals surface area contributed by atoms with Crippen LogP contribution in [0.3, 0.4) is 0 Å². The van der Waals surface area contributed by atoms with Gasteiger partial charge in [-0.3, -0.25) is 4.79 Å². The lowest BCUT2D eigenvalue weighted by atomic mass is 9.94. The van der Waals surface area contributed by atoms with Crippen LogP contribution >= 0.6 is 11.8 Å². The van der Waals surface area contributed by atoms with Crippen molar-refractivity contribution in [3.63, 3.8) is 0 Å². The molecule has 3 nitrogen and oxygen atoms in total. The van der Waals surface area contributed by atoms with Gasteiger partial charge in [0, 0.05) is 6.04 Å². The summed E-state index contributed by atoms with van der Waals surface area (Å²) in [6.45, 7) is 6.03. The number of hydrogen-bond acceptors (Lipinski definition) is 3. The van der Waals surface area contributed by atoms with E-state index in [1.54, 1.807) is 0 Å². The minimum absolute atomic E-state index is 0.234. The molecule has 0 radical (unpaired) electrons. The summed E-state index contributed by atoms with van der Waals surface area (Å²) >= 11 is 2.04. The first-order chi connectivity index (χ1) is 8.94. The fourth-order valence-corrected chi connectivity index (χ4v) is 4.04. The molecule has 3 N–H and O–H groups in total. The second kappa shape index (κ2) is 8.15. The van der Waals surface area contributed by atoms with E-state index in [1.165, 1.54) is 31.4 Å². The highest BCUT2D eigenvalue weighted by Gasteiger charge is 2.30. The van der Waals surface area contributed by atoms with E-state index in [-0.39, 0.29) is 11.9 Å². The lowest BCUT2D eigenvalue weighted by molar-refractivity contribution is -0.124. The molecule has 0 aromatic heterocycles. The van der Waals surface area contributed by atoms with E-state index in [1.807, 2.05) is 18.7 Å². The van der Waals surface area contributed by atoms with E-state index >= 15 is 0 Å². The Morgan fingerprint density at radius 2 is 2.05 bits per heavy atom. The Morgan fingerprint density at radius 1 is 1.42 bits per heavy atom. The van der Waals surface area contributed by atoms with Gasteiger partial charge in [-0.1, -0.05) is 12.8 Å². The van der Waals surface area contributed by atoms with Gasteiger partial charge < -0.3 is 11.1 Å². The minimum Gasteiger partial charge on any atom is -0.368 e. The molecule has 0 aliphatic heterocycles. The topological polar surface area (TPSA) is 55.1 Å². The standard InChI is InChI=1S/C15H30N2OS/c1-12(2)17-15(3,14(16)18)9-6-10-19-11-13-7-4-5-8-13/h12-13,17H,4-11H2,1-3H3,(H2,16,18). The van der Waals surface area contributed by atoms with Crippen LogP contribution in [-0.2, 0) is 4.79 Å². The lowest BCUT2D eigenvalue weighted by Crippen LogP contribution is -2.55. The number of nitrogens with one attached hydrogen (secondary N) is 1. The molecule has 0 heterocycles. The average Bonchev–Trinajstić information content (AvgIpc) is 2.80. The van der Waals surface area contributed by atoms with E-state index in [0.29, 0.717) is 0 Å². The molecule has 4 heteroatoms. The fraction of sp³-hybridized carbons (Fsp3) is 0.933. The normalized spacial score (nSPS) is 19.8. The Kier molecular flexibility index (Phi) is 7.22. The summed E-state index contributed by atoms with van der Waals surface area (Å²) in [6.07, 6.45) is 7.56. The Morgan fingerprint density at radius 3 is 2.58 bits per heavy atom. The van der Waals surface area contributed by atoms with Gasteiger partial charge in [-0.25, -0.2) is 0 Å². The van der Waals surface area contributed by atoms with Gasteiger partial charge >= 0.3 is 0 Å². The first-order valence-corrected chi connectivity index (χ1v) is 8.75. The number of primary amides is 1.